The fourth-order valence-corrected chi connectivity index (χ4v) is 3.63. The van der Waals surface area contributed by atoms with Crippen molar-refractivity contribution >= 4 is 23.8 Å². The quantitative estimate of drug-likeness (QED) is 0.770. The van der Waals surface area contributed by atoms with Gasteiger partial charge in [-0.25, -0.2) is 0 Å². The highest BCUT2D eigenvalue weighted by Gasteiger charge is 2.53. The molecule has 0 aromatic heterocycles. The molecule has 1 fully saturated rings. The number of carbonyl (C=O) groups excluding carboxylic acids is 2. The molecule has 0 aromatic carbocycles. The second-order valence-electron chi connectivity index (χ2n) is 6.20. The molecule has 18 heavy (non-hydrogen) atoms. The van der Waals surface area contributed by atoms with Gasteiger partial charge in [0.2, 0.25) is 11.8 Å². The summed E-state index contributed by atoms with van der Waals surface area (Å²) in [6, 6.07) is 0. The number of hydrogen-bond donors (Lipinski definition) is 2. The summed E-state index contributed by atoms with van der Waals surface area (Å²) in [6.07, 6.45) is 5.21. The molecular weight excluding hydrogens is 248 g/mol. The van der Waals surface area contributed by atoms with Crippen molar-refractivity contribution in [3.05, 3.63) is 0 Å². The molecule has 0 radical (unpaired) electrons. The van der Waals surface area contributed by atoms with Crippen molar-refractivity contribution in [1.29, 1.82) is 0 Å². The fraction of sp³-hybridized carbons (Fsp3) is 0.846. The van der Waals surface area contributed by atoms with Gasteiger partial charge in [-0.15, -0.1) is 0 Å². The van der Waals surface area contributed by atoms with Crippen molar-refractivity contribution in [2.45, 2.75) is 46.5 Å². The maximum Gasteiger partial charge on any atom is 0.234 e. The fourth-order valence-electron chi connectivity index (χ4n) is 3.32. The Balaban J connectivity index is 3.16. The van der Waals surface area contributed by atoms with Crippen LogP contribution in [-0.4, -0.2) is 18.1 Å². The predicted molar refractivity (Wildman–Crippen MR) is 74.7 cm³/mol. The third-order valence-electron chi connectivity index (χ3n) is 3.87. The predicted octanol–water partition coefficient (Wildman–Crippen LogP) is 2.09. The van der Waals surface area contributed by atoms with E-state index in [0.717, 1.165) is 25.7 Å². The number of carbonyl (C=O) groups is 2. The summed E-state index contributed by atoms with van der Waals surface area (Å²) in [5.74, 6) is -0.760. The van der Waals surface area contributed by atoms with Crippen LogP contribution in [0.1, 0.15) is 46.5 Å². The number of primary amides is 1. The van der Waals surface area contributed by atoms with Crippen LogP contribution in [0, 0.1) is 16.7 Å². The summed E-state index contributed by atoms with van der Waals surface area (Å²) >= 11 is 1.27. The van der Waals surface area contributed by atoms with Gasteiger partial charge in [0.15, 0.2) is 0 Å². The third-order valence-corrected chi connectivity index (χ3v) is 4.28. The maximum absolute atomic E-state index is 12.3. The minimum absolute atomic E-state index is 0.0734. The minimum atomic E-state index is -0.669. The highest BCUT2D eigenvalue weighted by atomic mass is 32.2. The number of nitrogens with two attached hydrogens (primary N) is 1. The Morgan fingerprint density at radius 3 is 2.11 bits per heavy atom. The zero-order chi connectivity index (χ0) is 14.0. The van der Waals surface area contributed by atoms with Crippen molar-refractivity contribution in [3.8, 4) is 0 Å². The molecular formula is C13H24N2O2S. The summed E-state index contributed by atoms with van der Waals surface area (Å²) in [5, 5.41) is 0. The van der Waals surface area contributed by atoms with E-state index in [9.17, 15) is 9.59 Å². The van der Waals surface area contributed by atoms with Crippen molar-refractivity contribution in [1.82, 2.24) is 4.72 Å². The van der Waals surface area contributed by atoms with Gasteiger partial charge in [-0.3, -0.25) is 9.59 Å². The Bertz CT molecular complexity index is 330. The van der Waals surface area contributed by atoms with Crippen LogP contribution in [0.2, 0.25) is 0 Å². The lowest BCUT2D eigenvalue weighted by molar-refractivity contribution is -0.144. The van der Waals surface area contributed by atoms with Gasteiger partial charge in [0.1, 0.15) is 0 Å². The van der Waals surface area contributed by atoms with Crippen molar-refractivity contribution < 1.29 is 9.59 Å². The second-order valence-corrected chi connectivity index (χ2v) is 6.81. The third kappa shape index (κ3) is 2.82. The smallest absolute Gasteiger partial charge is 0.234 e. The maximum atomic E-state index is 12.3. The zero-order valence-corrected chi connectivity index (χ0v) is 12.5. The summed E-state index contributed by atoms with van der Waals surface area (Å²) in [7, 11) is 0. The minimum Gasteiger partial charge on any atom is -0.369 e. The number of nitrogens with one attached hydrogen (secondary N) is 1. The van der Waals surface area contributed by atoms with E-state index in [1.165, 1.54) is 11.9 Å². The van der Waals surface area contributed by atoms with Crippen LogP contribution < -0.4 is 10.5 Å². The number of amides is 2. The highest BCUT2D eigenvalue weighted by Crippen LogP contribution is 2.50. The van der Waals surface area contributed by atoms with Gasteiger partial charge >= 0.3 is 0 Å². The van der Waals surface area contributed by atoms with Gasteiger partial charge in [-0.2, -0.15) is 0 Å². The normalized spacial score (nSPS) is 20.4. The average molecular weight is 272 g/mol. The number of hydrogen-bond acceptors (Lipinski definition) is 3. The van der Waals surface area contributed by atoms with E-state index in [2.05, 4.69) is 4.72 Å². The van der Waals surface area contributed by atoms with E-state index in [1.54, 1.807) is 0 Å². The van der Waals surface area contributed by atoms with Gasteiger partial charge in [0.05, 0.1) is 11.3 Å². The SMILES string of the molecule is CSNC(=O)[C@H](C(C)(C)C)C1(C(N)=O)CCCC1. The molecule has 1 aliphatic rings. The Labute approximate surface area is 114 Å². The van der Waals surface area contributed by atoms with E-state index in [1.807, 2.05) is 27.0 Å². The summed E-state index contributed by atoms with van der Waals surface area (Å²) in [6.45, 7) is 6.00. The van der Waals surface area contributed by atoms with Crippen LogP contribution in [0.25, 0.3) is 0 Å². The summed E-state index contributed by atoms with van der Waals surface area (Å²) in [5.41, 5.74) is 4.69. The lowest BCUT2D eigenvalue weighted by Gasteiger charge is -2.41. The van der Waals surface area contributed by atoms with Gasteiger partial charge in [0, 0.05) is 6.26 Å². The molecule has 2 amide bonds. The Morgan fingerprint density at radius 1 is 1.28 bits per heavy atom. The van der Waals surface area contributed by atoms with Gasteiger partial charge in [-0.05, 0) is 18.3 Å². The van der Waals surface area contributed by atoms with Gasteiger partial charge in [0.25, 0.3) is 0 Å². The molecule has 0 saturated heterocycles. The first-order valence-corrected chi connectivity index (χ1v) is 7.61. The largest absolute Gasteiger partial charge is 0.369 e. The molecule has 1 saturated carbocycles. The first-order valence-electron chi connectivity index (χ1n) is 6.38. The molecule has 0 unspecified atom stereocenters. The topological polar surface area (TPSA) is 72.2 Å². The highest BCUT2D eigenvalue weighted by molar-refractivity contribution is 7.97. The average Bonchev–Trinajstić information content (AvgIpc) is 2.66. The Kier molecular flexibility index (Phi) is 4.70. The summed E-state index contributed by atoms with van der Waals surface area (Å²) < 4.78 is 2.78. The van der Waals surface area contributed by atoms with Crippen molar-refractivity contribution in [3.63, 3.8) is 0 Å². The van der Waals surface area contributed by atoms with Crippen LogP contribution in [-0.2, 0) is 9.59 Å². The molecule has 4 nitrogen and oxygen atoms in total. The monoisotopic (exact) mass is 272 g/mol. The van der Waals surface area contributed by atoms with E-state index in [-0.39, 0.29) is 23.1 Å². The molecule has 0 heterocycles. The van der Waals surface area contributed by atoms with Crippen LogP contribution >= 0.6 is 11.9 Å². The lowest BCUT2D eigenvalue weighted by Crippen LogP contribution is -2.52. The van der Waals surface area contributed by atoms with Crippen molar-refractivity contribution in [2.24, 2.45) is 22.5 Å². The molecule has 3 N–H and O–H groups in total. The van der Waals surface area contributed by atoms with E-state index >= 15 is 0 Å². The van der Waals surface area contributed by atoms with Gasteiger partial charge in [-0.1, -0.05) is 45.6 Å². The van der Waals surface area contributed by atoms with Crippen LogP contribution in [0.3, 0.4) is 0 Å². The molecule has 5 heteroatoms. The van der Waals surface area contributed by atoms with Crippen LogP contribution in [0.4, 0.5) is 0 Å². The van der Waals surface area contributed by atoms with E-state index in [0.29, 0.717) is 0 Å². The van der Waals surface area contributed by atoms with Crippen LogP contribution in [0.5, 0.6) is 0 Å². The molecule has 0 aliphatic heterocycles. The Morgan fingerprint density at radius 2 is 1.78 bits per heavy atom. The second kappa shape index (κ2) is 5.51. The molecule has 104 valence electrons. The van der Waals surface area contributed by atoms with E-state index in [4.69, 9.17) is 5.73 Å². The first kappa shape index (κ1) is 15.3. The van der Waals surface area contributed by atoms with Gasteiger partial charge < -0.3 is 10.5 Å². The summed E-state index contributed by atoms with van der Waals surface area (Å²) in [4.78, 5) is 24.3. The molecule has 1 atom stereocenters. The molecule has 1 aliphatic carbocycles. The lowest BCUT2D eigenvalue weighted by atomic mass is 9.62. The first-order chi connectivity index (χ1) is 8.25. The molecule has 0 aromatic rings. The van der Waals surface area contributed by atoms with Crippen molar-refractivity contribution in [2.75, 3.05) is 6.26 Å². The molecule has 0 spiro atoms. The zero-order valence-electron chi connectivity index (χ0n) is 11.7. The molecule has 1 rings (SSSR count). The van der Waals surface area contributed by atoms with E-state index < -0.39 is 5.41 Å². The standard InChI is InChI=1S/C13H24N2O2S/c1-12(2,3)9(10(16)15-18-4)13(11(14)17)7-5-6-8-13/h9H,5-8H2,1-4H3,(H2,14,17)(H,15,16)/t9-/m1/s1. The van der Waals surface area contributed by atoms with Crippen LogP contribution in [0.15, 0.2) is 0 Å². The number of rotatable bonds is 4. The Hall–Kier alpha value is -0.710. The molecule has 0 bridgehead atoms.